The van der Waals surface area contributed by atoms with Gasteiger partial charge in [-0.15, -0.1) is 11.3 Å². The summed E-state index contributed by atoms with van der Waals surface area (Å²) in [6.07, 6.45) is 4.20. The predicted molar refractivity (Wildman–Crippen MR) is 151 cm³/mol. The molecule has 0 aliphatic carbocycles. The summed E-state index contributed by atoms with van der Waals surface area (Å²) in [4.78, 5) is 30.1. The van der Waals surface area contributed by atoms with Crippen LogP contribution in [0.2, 0.25) is 0 Å². The number of halogens is 2. The molecule has 0 spiro atoms. The maximum absolute atomic E-state index is 15.0. The summed E-state index contributed by atoms with van der Waals surface area (Å²) < 4.78 is 40.9. The predicted octanol–water partition coefficient (Wildman–Crippen LogP) is 6.34. The minimum atomic E-state index is -0.658. The molecule has 1 N–H and O–H groups in total. The minimum Gasteiger partial charge on any atom is -0.486 e. The lowest BCUT2D eigenvalue weighted by molar-refractivity contribution is 0.0205. The van der Waals surface area contributed by atoms with E-state index >= 15 is 0 Å². The molecule has 0 unspecified atom stereocenters. The van der Waals surface area contributed by atoms with Crippen LogP contribution in [-0.4, -0.2) is 63.8 Å². The average Bonchev–Trinajstić information content (AvgIpc) is 3.37. The summed E-state index contributed by atoms with van der Waals surface area (Å²) >= 11 is 1.47. The van der Waals surface area contributed by atoms with Crippen molar-refractivity contribution in [1.82, 2.24) is 19.9 Å². The van der Waals surface area contributed by atoms with Gasteiger partial charge < -0.3 is 24.6 Å². The standard InChI is InChI=1S/C28H34F2N6O3S/c1-16(2)36-10-11-38-24-19(29)12-18(13-21(24)36)23-20(30)14-31-25(33-23)34-26-32-15-22(40-26)17-6-8-35(9-7-17)27(37)39-28(3,4)5/h12-17H,6-11H2,1-5H3,(H,31,32,33,34). The van der Waals surface area contributed by atoms with Crippen molar-refractivity contribution in [2.75, 3.05) is 36.5 Å². The Kier molecular flexibility index (Phi) is 7.80. The van der Waals surface area contributed by atoms with Crippen molar-refractivity contribution in [2.24, 2.45) is 0 Å². The van der Waals surface area contributed by atoms with Crippen molar-refractivity contribution in [2.45, 2.75) is 65.0 Å². The lowest BCUT2D eigenvalue weighted by Gasteiger charge is -2.34. The van der Waals surface area contributed by atoms with Gasteiger partial charge in [-0.2, -0.15) is 0 Å². The number of likely N-dealkylation sites (tertiary alicyclic amines) is 1. The number of thiazole rings is 1. The van der Waals surface area contributed by atoms with Gasteiger partial charge >= 0.3 is 6.09 Å². The second-order valence-electron chi connectivity index (χ2n) is 11.3. The van der Waals surface area contributed by atoms with Gasteiger partial charge in [0.05, 0.1) is 18.4 Å². The molecule has 1 fully saturated rings. The normalized spacial score (nSPS) is 16.1. The molecule has 2 aliphatic heterocycles. The third kappa shape index (κ3) is 6.11. The van der Waals surface area contributed by atoms with Crippen LogP contribution in [0.1, 0.15) is 58.3 Å². The Morgan fingerprint density at radius 2 is 1.88 bits per heavy atom. The molecule has 12 heteroatoms. The fourth-order valence-electron chi connectivity index (χ4n) is 4.91. The van der Waals surface area contributed by atoms with E-state index < -0.39 is 17.2 Å². The summed E-state index contributed by atoms with van der Waals surface area (Å²) in [6, 6.07) is 3.06. The molecular weight excluding hydrogens is 538 g/mol. The third-order valence-corrected chi connectivity index (χ3v) is 7.92. The molecule has 1 aromatic carbocycles. The van der Waals surface area contributed by atoms with Gasteiger partial charge in [-0.3, -0.25) is 0 Å². The van der Waals surface area contributed by atoms with Gasteiger partial charge in [-0.1, -0.05) is 0 Å². The fraction of sp³-hybridized carbons (Fsp3) is 0.500. The molecule has 40 heavy (non-hydrogen) atoms. The van der Waals surface area contributed by atoms with E-state index in [9.17, 15) is 13.6 Å². The van der Waals surface area contributed by atoms with Gasteiger partial charge in [0.15, 0.2) is 22.5 Å². The highest BCUT2D eigenvalue weighted by Gasteiger charge is 2.29. The maximum atomic E-state index is 15.0. The first-order valence-corrected chi connectivity index (χ1v) is 14.3. The number of benzene rings is 1. The van der Waals surface area contributed by atoms with Gasteiger partial charge in [0.25, 0.3) is 0 Å². The average molecular weight is 573 g/mol. The summed E-state index contributed by atoms with van der Waals surface area (Å²) in [6.45, 7) is 11.8. The molecule has 5 rings (SSSR count). The largest absolute Gasteiger partial charge is 0.486 e. The number of nitrogens with one attached hydrogen (secondary N) is 1. The zero-order valence-corrected chi connectivity index (χ0v) is 24.1. The number of fused-ring (bicyclic) bond motifs is 1. The van der Waals surface area contributed by atoms with Gasteiger partial charge in [0, 0.05) is 35.8 Å². The smallest absolute Gasteiger partial charge is 0.410 e. The third-order valence-electron chi connectivity index (χ3n) is 6.84. The molecule has 2 aromatic heterocycles. The van der Waals surface area contributed by atoms with E-state index in [0.29, 0.717) is 42.6 Å². The van der Waals surface area contributed by atoms with Crippen LogP contribution >= 0.6 is 11.3 Å². The van der Waals surface area contributed by atoms with Crippen LogP contribution in [-0.2, 0) is 4.74 Å². The SMILES string of the molecule is CC(C)N1CCOc2c(F)cc(-c3nc(Nc4ncc(C5CCN(C(=O)OC(C)(C)C)CC5)s4)ncc3F)cc21. The van der Waals surface area contributed by atoms with Gasteiger partial charge in [-0.25, -0.2) is 28.5 Å². The molecule has 3 aromatic rings. The molecule has 1 saturated heterocycles. The Morgan fingerprint density at radius 3 is 2.58 bits per heavy atom. The number of aromatic nitrogens is 3. The number of amides is 1. The lowest BCUT2D eigenvalue weighted by atomic mass is 9.96. The summed E-state index contributed by atoms with van der Waals surface area (Å²) in [7, 11) is 0. The van der Waals surface area contributed by atoms with Gasteiger partial charge in [0.1, 0.15) is 17.9 Å². The Bertz CT molecular complexity index is 1380. The van der Waals surface area contributed by atoms with Crippen LogP contribution in [0, 0.1) is 11.6 Å². The summed E-state index contributed by atoms with van der Waals surface area (Å²) in [5.74, 6) is -0.626. The van der Waals surface area contributed by atoms with E-state index in [-0.39, 0.29) is 35.4 Å². The topological polar surface area (TPSA) is 92.7 Å². The van der Waals surface area contributed by atoms with Crippen molar-refractivity contribution >= 4 is 34.2 Å². The van der Waals surface area contributed by atoms with Gasteiger partial charge in [0.2, 0.25) is 5.95 Å². The number of piperidine rings is 1. The number of ether oxygens (including phenoxy) is 2. The second kappa shape index (κ2) is 11.1. The molecule has 0 atom stereocenters. The number of carbonyl (C=O) groups is 1. The van der Waals surface area contributed by atoms with E-state index in [4.69, 9.17) is 9.47 Å². The quantitative estimate of drug-likeness (QED) is 0.379. The Morgan fingerprint density at radius 1 is 1.12 bits per heavy atom. The number of nitrogens with zero attached hydrogens (tertiary/aromatic N) is 5. The van der Waals surface area contributed by atoms with Crippen LogP contribution in [0.4, 0.5) is 30.3 Å². The zero-order chi connectivity index (χ0) is 28.6. The first-order chi connectivity index (χ1) is 19.0. The highest BCUT2D eigenvalue weighted by molar-refractivity contribution is 7.15. The van der Waals surface area contributed by atoms with Crippen LogP contribution in [0.25, 0.3) is 11.3 Å². The maximum Gasteiger partial charge on any atom is 0.410 e. The molecule has 0 bridgehead atoms. The molecule has 0 radical (unpaired) electrons. The molecule has 9 nitrogen and oxygen atoms in total. The minimum absolute atomic E-state index is 0.0141. The van der Waals surface area contributed by atoms with Crippen LogP contribution in [0.15, 0.2) is 24.5 Å². The highest BCUT2D eigenvalue weighted by atomic mass is 32.1. The molecule has 4 heterocycles. The highest BCUT2D eigenvalue weighted by Crippen LogP contribution is 2.40. The van der Waals surface area contributed by atoms with E-state index in [2.05, 4.69) is 20.3 Å². The molecule has 0 saturated carbocycles. The van der Waals surface area contributed by atoms with Crippen molar-refractivity contribution < 1.29 is 23.0 Å². The number of anilines is 3. The van der Waals surface area contributed by atoms with Crippen molar-refractivity contribution in [3.05, 3.63) is 41.0 Å². The zero-order valence-electron chi connectivity index (χ0n) is 23.3. The summed E-state index contributed by atoms with van der Waals surface area (Å²) in [5.41, 5.74) is 0.337. The fourth-order valence-corrected chi connectivity index (χ4v) is 5.89. The Labute approximate surface area is 236 Å². The van der Waals surface area contributed by atoms with Crippen molar-refractivity contribution in [3.63, 3.8) is 0 Å². The lowest BCUT2D eigenvalue weighted by Crippen LogP contribution is -2.41. The Balaban J connectivity index is 1.29. The molecule has 214 valence electrons. The number of hydrogen-bond acceptors (Lipinski definition) is 9. The van der Waals surface area contributed by atoms with Crippen molar-refractivity contribution in [1.29, 1.82) is 0 Å². The number of carbonyl (C=O) groups excluding carboxylic acids is 1. The van der Waals surface area contributed by atoms with E-state index in [1.54, 1.807) is 11.0 Å². The first-order valence-electron chi connectivity index (χ1n) is 13.4. The molecule has 2 aliphatic rings. The monoisotopic (exact) mass is 572 g/mol. The van der Waals surface area contributed by atoms with Gasteiger partial charge in [-0.05, 0) is 65.5 Å². The van der Waals surface area contributed by atoms with E-state index in [0.717, 1.165) is 23.9 Å². The van der Waals surface area contributed by atoms with Crippen LogP contribution < -0.4 is 15.0 Å². The number of rotatable bonds is 5. The second-order valence-corrected chi connectivity index (χ2v) is 12.3. The van der Waals surface area contributed by atoms with Crippen LogP contribution in [0.5, 0.6) is 5.75 Å². The van der Waals surface area contributed by atoms with Crippen LogP contribution in [0.3, 0.4) is 0 Å². The molecular formula is C28H34F2N6O3S. The number of hydrogen-bond donors (Lipinski definition) is 1. The Hall–Kier alpha value is -3.54. The van der Waals surface area contributed by atoms with E-state index in [1.165, 1.54) is 17.4 Å². The molecule has 1 amide bonds. The first kappa shape index (κ1) is 28.0. The summed E-state index contributed by atoms with van der Waals surface area (Å²) in [5, 5.41) is 3.63. The van der Waals surface area contributed by atoms with Crippen molar-refractivity contribution in [3.8, 4) is 17.0 Å². The van der Waals surface area contributed by atoms with E-state index in [1.807, 2.05) is 45.7 Å².